The number of hydrogen-bond acceptors (Lipinski definition) is 6. The number of carbonyl (C=O) groups excluding carboxylic acids is 2. The van der Waals surface area contributed by atoms with Crippen LogP contribution in [0.1, 0.15) is 46.5 Å². The van der Waals surface area contributed by atoms with Crippen LogP contribution in [0.3, 0.4) is 0 Å². The van der Waals surface area contributed by atoms with Crippen molar-refractivity contribution in [3.05, 3.63) is 0 Å². The summed E-state index contributed by atoms with van der Waals surface area (Å²) in [6, 6.07) is 0. The average molecular weight is 308 g/mol. The lowest BCUT2D eigenvalue weighted by atomic mass is 10.1. The van der Waals surface area contributed by atoms with E-state index in [-0.39, 0.29) is 25.2 Å². The third kappa shape index (κ3) is 11.2. The molecule has 0 aliphatic carbocycles. The predicted octanol–water partition coefficient (Wildman–Crippen LogP) is 3.44. The van der Waals surface area contributed by atoms with Crippen LogP contribution in [-0.4, -0.2) is 36.2 Å². The molecule has 0 spiro atoms. The average Bonchev–Trinajstić information content (AvgIpc) is 2.90. The molecule has 0 radical (unpaired) electrons. The molecule has 1 aliphatic rings. The maximum atomic E-state index is 11.3. The van der Waals surface area contributed by atoms with Gasteiger partial charge in [-0.05, 0) is 19.3 Å². The molecule has 19 heavy (non-hydrogen) atoms. The molecule has 1 atom stereocenters. The number of rotatable bonds is 7. The van der Waals surface area contributed by atoms with Crippen molar-refractivity contribution in [1.82, 2.24) is 0 Å². The fourth-order valence-corrected chi connectivity index (χ4v) is 4.48. The molecule has 1 heterocycles. The number of carbonyl (C=O) groups is 2. The molecule has 0 aromatic carbocycles. The molecular weight excluding hydrogens is 284 g/mol. The summed E-state index contributed by atoms with van der Waals surface area (Å²) >= 11 is 0. The third-order valence-corrected chi connectivity index (χ3v) is 5.29. The highest BCUT2D eigenvalue weighted by atomic mass is 33.1. The maximum Gasteiger partial charge on any atom is 0.305 e. The molecule has 1 fully saturated rings. The van der Waals surface area contributed by atoms with Gasteiger partial charge >= 0.3 is 11.9 Å². The molecule has 0 amide bonds. The fourth-order valence-electron chi connectivity index (χ4n) is 1.45. The van der Waals surface area contributed by atoms with Gasteiger partial charge in [-0.25, -0.2) is 0 Å². The van der Waals surface area contributed by atoms with Crippen LogP contribution in [-0.2, 0) is 19.1 Å². The van der Waals surface area contributed by atoms with Crippen LogP contribution in [0.25, 0.3) is 0 Å². The van der Waals surface area contributed by atoms with Crippen LogP contribution in [0.4, 0.5) is 0 Å². The summed E-state index contributed by atoms with van der Waals surface area (Å²) < 4.78 is 9.58. The van der Waals surface area contributed by atoms with E-state index in [2.05, 4.69) is 4.74 Å². The van der Waals surface area contributed by atoms with Crippen molar-refractivity contribution in [1.29, 1.82) is 0 Å². The van der Waals surface area contributed by atoms with E-state index in [1.807, 2.05) is 35.4 Å². The zero-order valence-corrected chi connectivity index (χ0v) is 13.6. The summed E-state index contributed by atoms with van der Waals surface area (Å²) in [5.41, 5.74) is 0. The van der Waals surface area contributed by atoms with Gasteiger partial charge in [0.25, 0.3) is 0 Å². The van der Waals surface area contributed by atoms with Crippen LogP contribution in [0.2, 0.25) is 0 Å². The number of esters is 2. The summed E-state index contributed by atoms with van der Waals surface area (Å²) in [5.74, 6) is 0.673. The van der Waals surface area contributed by atoms with Crippen LogP contribution in [0.5, 0.6) is 0 Å². The maximum absolute atomic E-state index is 11.3. The molecule has 6 heteroatoms. The predicted molar refractivity (Wildman–Crippen MR) is 81.2 cm³/mol. The molecule has 4 nitrogen and oxygen atoms in total. The Bertz CT molecular complexity index is 253. The normalized spacial score (nSPS) is 17.3. The Morgan fingerprint density at radius 3 is 2.47 bits per heavy atom. The lowest BCUT2D eigenvalue weighted by Gasteiger charge is -2.07. The monoisotopic (exact) mass is 308 g/mol. The smallest absolute Gasteiger partial charge is 0.305 e. The SMILES string of the molecule is CC.CC(=O)OCCOC(=O)CCCC1CCSS1. The largest absolute Gasteiger partial charge is 0.462 e. The first-order valence-corrected chi connectivity index (χ1v) is 9.14. The van der Waals surface area contributed by atoms with Gasteiger partial charge in [0.05, 0.1) is 0 Å². The van der Waals surface area contributed by atoms with E-state index in [0.717, 1.165) is 12.8 Å². The van der Waals surface area contributed by atoms with Crippen LogP contribution in [0, 0.1) is 0 Å². The highest BCUT2D eigenvalue weighted by molar-refractivity contribution is 8.77. The minimum atomic E-state index is -0.350. The Labute approximate surface area is 123 Å². The lowest BCUT2D eigenvalue weighted by molar-refractivity contribution is -0.151. The van der Waals surface area contributed by atoms with Gasteiger partial charge in [-0.1, -0.05) is 35.4 Å². The molecule has 0 N–H and O–H groups in total. The topological polar surface area (TPSA) is 52.6 Å². The lowest BCUT2D eigenvalue weighted by Crippen LogP contribution is -2.12. The second-order valence-electron chi connectivity index (χ2n) is 3.78. The number of ether oxygens (including phenoxy) is 2. The molecule has 1 rings (SSSR count). The van der Waals surface area contributed by atoms with E-state index in [9.17, 15) is 9.59 Å². The van der Waals surface area contributed by atoms with Crippen LogP contribution < -0.4 is 0 Å². The van der Waals surface area contributed by atoms with E-state index in [0.29, 0.717) is 11.7 Å². The second kappa shape index (κ2) is 12.7. The molecule has 0 aromatic rings. The molecule has 1 saturated heterocycles. The van der Waals surface area contributed by atoms with Crippen molar-refractivity contribution in [2.45, 2.75) is 51.7 Å². The molecule has 0 aromatic heterocycles. The van der Waals surface area contributed by atoms with Gasteiger partial charge in [0.15, 0.2) is 0 Å². The fraction of sp³-hybridized carbons (Fsp3) is 0.846. The molecule has 0 bridgehead atoms. The van der Waals surface area contributed by atoms with Crippen molar-refractivity contribution < 1.29 is 19.1 Å². The molecule has 112 valence electrons. The van der Waals surface area contributed by atoms with Gasteiger partial charge in [0, 0.05) is 24.3 Å². The summed E-state index contributed by atoms with van der Waals surface area (Å²) in [6.07, 6.45) is 3.67. The Morgan fingerprint density at radius 2 is 1.89 bits per heavy atom. The highest BCUT2D eigenvalue weighted by Gasteiger charge is 2.16. The first-order valence-electron chi connectivity index (χ1n) is 6.75. The van der Waals surface area contributed by atoms with Crippen molar-refractivity contribution in [2.75, 3.05) is 19.0 Å². The van der Waals surface area contributed by atoms with Gasteiger partial charge in [-0.3, -0.25) is 9.59 Å². The van der Waals surface area contributed by atoms with Crippen molar-refractivity contribution >= 4 is 33.5 Å². The van der Waals surface area contributed by atoms with E-state index in [1.165, 1.54) is 19.1 Å². The van der Waals surface area contributed by atoms with Gasteiger partial charge in [-0.15, -0.1) is 0 Å². The quantitative estimate of drug-likeness (QED) is 0.408. The highest BCUT2D eigenvalue weighted by Crippen LogP contribution is 2.39. The van der Waals surface area contributed by atoms with Gasteiger partial charge < -0.3 is 9.47 Å². The molecule has 0 saturated carbocycles. The van der Waals surface area contributed by atoms with E-state index in [1.54, 1.807) is 0 Å². The van der Waals surface area contributed by atoms with E-state index < -0.39 is 0 Å². The summed E-state index contributed by atoms with van der Waals surface area (Å²) in [6.45, 7) is 5.64. The zero-order chi connectivity index (χ0) is 14.5. The summed E-state index contributed by atoms with van der Waals surface area (Å²) in [5, 5.41) is 0.703. The van der Waals surface area contributed by atoms with Crippen LogP contribution >= 0.6 is 21.6 Å². The zero-order valence-electron chi connectivity index (χ0n) is 12.0. The summed E-state index contributed by atoms with van der Waals surface area (Å²) in [4.78, 5) is 21.7. The van der Waals surface area contributed by atoms with Crippen molar-refractivity contribution in [3.63, 3.8) is 0 Å². The summed E-state index contributed by atoms with van der Waals surface area (Å²) in [7, 11) is 3.84. The molecule has 1 unspecified atom stereocenters. The Balaban J connectivity index is 0.00000154. The Hall–Kier alpha value is -0.360. The van der Waals surface area contributed by atoms with Gasteiger partial charge in [0.2, 0.25) is 0 Å². The first kappa shape index (κ1) is 18.6. The Kier molecular flexibility index (Phi) is 12.4. The molecule has 1 aliphatic heterocycles. The first-order chi connectivity index (χ1) is 9.18. The van der Waals surface area contributed by atoms with E-state index in [4.69, 9.17) is 4.74 Å². The minimum absolute atomic E-state index is 0.149. The van der Waals surface area contributed by atoms with E-state index >= 15 is 0 Å². The minimum Gasteiger partial charge on any atom is -0.462 e. The van der Waals surface area contributed by atoms with Crippen molar-refractivity contribution in [2.24, 2.45) is 0 Å². The molecular formula is C13H24O4S2. The third-order valence-electron chi connectivity index (χ3n) is 2.29. The van der Waals surface area contributed by atoms with Gasteiger partial charge in [0.1, 0.15) is 13.2 Å². The number of hydrogen-bond donors (Lipinski definition) is 0. The standard InChI is InChI=1S/C11H18O4S2.C2H6/c1-9(12)14-6-7-15-11(13)4-2-3-10-5-8-16-17-10;1-2/h10H,2-8H2,1H3;1-2H3. The van der Waals surface area contributed by atoms with Crippen molar-refractivity contribution in [3.8, 4) is 0 Å². The van der Waals surface area contributed by atoms with Crippen LogP contribution in [0.15, 0.2) is 0 Å². The second-order valence-corrected chi connectivity index (χ2v) is 6.57. The van der Waals surface area contributed by atoms with Gasteiger partial charge in [-0.2, -0.15) is 0 Å². The Morgan fingerprint density at radius 1 is 1.21 bits per heavy atom.